The predicted molar refractivity (Wildman–Crippen MR) is 46.4 cm³/mol. The SMILES string of the molecule is O[C@@H]1C=Cc2ccccc2[C@@H]1O. The molecule has 1 aromatic carbocycles. The molecule has 2 N–H and O–H groups in total. The van der Waals surface area contributed by atoms with Crippen LogP contribution in [0.3, 0.4) is 0 Å². The van der Waals surface area contributed by atoms with Crippen LogP contribution in [0.15, 0.2) is 30.3 Å². The summed E-state index contributed by atoms with van der Waals surface area (Å²) in [7, 11) is 0. The van der Waals surface area contributed by atoms with Crippen LogP contribution in [0.25, 0.3) is 6.08 Å². The minimum Gasteiger partial charge on any atom is -0.386 e. The van der Waals surface area contributed by atoms with Gasteiger partial charge in [0.25, 0.3) is 0 Å². The van der Waals surface area contributed by atoms with Crippen LogP contribution >= 0.6 is 0 Å². The molecule has 0 aromatic heterocycles. The summed E-state index contributed by atoms with van der Waals surface area (Å²) in [5.74, 6) is 0. The van der Waals surface area contributed by atoms with Gasteiger partial charge in [0.15, 0.2) is 0 Å². The lowest BCUT2D eigenvalue weighted by Gasteiger charge is -2.21. The first-order chi connectivity index (χ1) is 5.79. The third kappa shape index (κ3) is 1.05. The molecule has 0 aliphatic heterocycles. The normalized spacial score (nSPS) is 26.8. The highest BCUT2D eigenvalue weighted by Gasteiger charge is 2.20. The summed E-state index contributed by atoms with van der Waals surface area (Å²) in [6, 6.07) is 7.51. The number of hydrogen-bond donors (Lipinski definition) is 2. The van der Waals surface area contributed by atoms with E-state index in [1.165, 1.54) is 0 Å². The Morgan fingerprint density at radius 1 is 1.08 bits per heavy atom. The van der Waals surface area contributed by atoms with Crippen LogP contribution in [0.5, 0.6) is 0 Å². The van der Waals surface area contributed by atoms with Gasteiger partial charge >= 0.3 is 0 Å². The van der Waals surface area contributed by atoms with E-state index >= 15 is 0 Å². The van der Waals surface area contributed by atoms with Crippen molar-refractivity contribution in [1.29, 1.82) is 0 Å². The van der Waals surface area contributed by atoms with Gasteiger partial charge in [-0.2, -0.15) is 0 Å². The van der Waals surface area contributed by atoms with Crippen LogP contribution in [0.4, 0.5) is 0 Å². The van der Waals surface area contributed by atoms with Crippen molar-refractivity contribution < 1.29 is 10.2 Å². The molecule has 2 rings (SSSR count). The van der Waals surface area contributed by atoms with Crippen LogP contribution in [-0.4, -0.2) is 16.3 Å². The van der Waals surface area contributed by atoms with Crippen LogP contribution in [0, 0.1) is 0 Å². The third-order valence-corrected chi connectivity index (χ3v) is 2.11. The lowest BCUT2D eigenvalue weighted by atomic mass is 9.93. The summed E-state index contributed by atoms with van der Waals surface area (Å²) < 4.78 is 0. The fourth-order valence-electron chi connectivity index (χ4n) is 1.42. The van der Waals surface area contributed by atoms with Crippen LogP contribution < -0.4 is 0 Å². The molecule has 1 aromatic rings. The topological polar surface area (TPSA) is 40.5 Å². The molecule has 1 aliphatic carbocycles. The van der Waals surface area contributed by atoms with Crippen LogP contribution in [0.2, 0.25) is 0 Å². The summed E-state index contributed by atoms with van der Waals surface area (Å²) in [5.41, 5.74) is 1.78. The largest absolute Gasteiger partial charge is 0.386 e. The van der Waals surface area contributed by atoms with Crippen molar-refractivity contribution >= 4 is 6.08 Å². The Labute approximate surface area is 70.8 Å². The van der Waals surface area contributed by atoms with E-state index in [1.807, 2.05) is 30.3 Å². The number of hydrogen-bond acceptors (Lipinski definition) is 2. The fourth-order valence-corrected chi connectivity index (χ4v) is 1.42. The molecular formula is C10H10O2. The molecule has 0 amide bonds. The molecule has 0 radical (unpaired) electrons. The first-order valence-electron chi connectivity index (χ1n) is 3.92. The zero-order valence-corrected chi connectivity index (χ0v) is 6.51. The lowest BCUT2D eigenvalue weighted by Crippen LogP contribution is -2.19. The van der Waals surface area contributed by atoms with Gasteiger partial charge < -0.3 is 10.2 Å². The monoisotopic (exact) mass is 162 g/mol. The lowest BCUT2D eigenvalue weighted by molar-refractivity contribution is 0.0470. The van der Waals surface area contributed by atoms with Gasteiger partial charge in [-0.1, -0.05) is 36.4 Å². The average molecular weight is 162 g/mol. The van der Waals surface area contributed by atoms with Crippen molar-refractivity contribution in [2.45, 2.75) is 12.2 Å². The molecular weight excluding hydrogens is 152 g/mol. The quantitative estimate of drug-likeness (QED) is 0.600. The van der Waals surface area contributed by atoms with Gasteiger partial charge in [0.05, 0.1) is 0 Å². The van der Waals surface area contributed by atoms with Crippen molar-refractivity contribution in [2.24, 2.45) is 0 Å². The Morgan fingerprint density at radius 2 is 1.83 bits per heavy atom. The zero-order chi connectivity index (χ0) is 8.55. The van der Waals surface area contributed by atoms with E-state index in [0.29, 0.717) is 0 Å². The molecule has 0 spiro atoms. The molecule has 2 nitrogen and oxygen atoms in total. The Bertz CT molecular complexity index is 317. The van der Waals surface area contributed by atoms with Gasteiger partial charge in [-0.3, -0.25) is 0 Å². The number of fused-ring (bicyclic) bond motifs is 1. The van der Waals surface area contributed by atoms with E-state index in [4.69, 9.17) is 0 Å². The molecule has 0 bridgehead atoms. The molecule has 62 valence electrons. The van der Waals surface area contributed by atoms with Gasteiger partial charge in [0.1, 0.15) is 12.2 Å². The van der Waals surface area contributed by atoms with Gasteiger partial charge in [0.2, 0.25) is 0 Å². The predicted octanol–water partition coefficient (Wildman–Crippen LogP) is 1.11. The van der Waals surface area contributed by atoms with Crippen LogP contribution in [-0.2, 0) is 0 Å². The average Bonchev–Trinajstić information content (AvgIpc) is 2.12. The molecule has 2 atom stereocenters. The van der Waals surface area contributed by atoms with E-state index in [1.54, 1.807) is 6.08 Å². The van der Waals surface area contributed by atoms with E-state index in [2.05, 4.69) is 0 Å². The maximum atomic E-state index is 9.53. The Morgan fingerprint density at radius 3 is 2.67 bits per heavy atom. The number of aliphatic hydroxyl groups excluding tert-OH is 2. The van der Waals surface area contributed by atoms with Gasteiger partial charge in [0, 0.05) is 0 Å². The second kappa shape index (κ2) is 2.73. The standard InChI is InChI=1S/C10H10O2/c11-9-6-5-7-3-1-2-4-8(7)10(9)12/h1-6,9-12H/t9-,10+/m1/s1. The van der Waals surface area contributed by atoms with Crippen molar-refractivity contribution in [3.05, 3.63) is 41.5 Å². The molecule has 0 saturated heterocycles. The summed E-state index contributed by atoms with van der Waals surface area (Å²) >= 11 is 0. The molecule has 1 aliphatic rings. The number of aliphatic hydroxyl groups is 2. The minimum absolute atomic E-state index is 0.764. The summed E-state index contributed by atoms with van der Waals surface area (Å²) in [6.45, 7) is 0. The molecule has 0 fully saturated rings. The summed E-state index contributed by atoms with van der Waals surface area (Å²) in [5, 5.41) is 18.8. The zero-order valence-electron chi connectivity index (χ0n) is 6.51. The molecule has 0 saturated carbocycles. The first-order valence-corrected chi connectivity index (χ1v) is 3.92. The fraction of sp³-hybridized carbons (Fsp3) is 0.200. The van der Waals surface area contributed by atoms with Crippen molar-refractivity contribution in [3.8, 4) is 0 Å². The third-order valence-electron chi connectivity index (χ3n) is 2.11. The Balaban J connectivity index is 2.52. The number of rotatable bonds is 0. The van der Waals surface area contributed by atoms with Crippen molar-refractivity contribution in [2.75, 3.05) is 0 Å². The highest BCUT2D eigenvalue weighted by atomic mass is 16.3. The molecule has 2 heteroatoms. The van der Waals surface area contributed by atoms with Crippen molar-refractivity contribution in [1.82, 2.24) is 0 Å². The van der Waals surface area contributed by atoms with Crippen LogP contribution in [0.1, 0.15) is 17.2 Å². The Hall–Kier alpha value is -1.12. The second-order valence-electron chi connectivity index (χ2n) is 2.92. The van der Waals surface area contributed by atoms with E-state index in [-0.39, 0.29) is 0 Å². The van der Waals surface area contributed by atoms with E-state index in [0.717, 1.165) is 11.1 Å². The molecule has 0 heterocycles. The minimum atomic E-state index is -0.772. The van der Waals surface area contributed by atoms with Gasteiger partial charge in [-0.25, -0.2) is 0 Å². The maximum absolute atomic E-state index is 9.53. The first kappa shape index (κ1) is 7.53. The molecule has 0 unspecified atom stereocenters. The van der Waals surface area contributed by atoms with E-state index in [9.17, 15) is 10.2 Å². The highest BCUT2D eigenvalue weighted by molar-refractivity contribution is 5.58. The molecule has 12 heavy (non-hydrogen) atoms. The Kier molecular flexibility index (Phi) is 1.71. The highest BCUT2D eigenvalue weighted by Crippen LogP contribution is 2.27. The second-order valence-corrected chi connectivity index (χ2v) is 2.92. The number of benzene rings is 1. The van der Waals surface area contributed by atoms with Crippen molar-refractivity contribution in [3.63, 3.8) is 0 Å². The summed E-state index contributed by atoms with van der Waals surface area (Å²) in [4.78, 5) is 0. The smallest absolute Gasteiger partial charge is 0.109 e. The van der Waals surface area contributed by atoms with E-state index < -0.39 is 12.2 Å². The summed E-state index contributed by atoms with van der Waals surface area (Å²) in [6.07, 6.45) is 1.89. The maximum Gasteiger partial charge on any atom is 0.109 e. The van der Waals surface area contributed by atoms with Gasteiger partial charge in [-0.05, 0) is 11.1 Å². The van der Waals surface area contributed by atoms with Gasteiger partial charge in [-0.15, -0.1) is 0 Å².